The van der Waals surface area contributed by atoms with E-state index in [0.29, 0.717) is 11.3 Å². The summed E-state index contributed by atoms with van der Waals surface area (Å²) in [5, 5.41) is 8.83. The lowest BCUT2D eigenvalue weighted by Crippen LogP contribution is -2.18. The average Bonchev–Trinajstić information content (AvgIpc) is 2.95. The van der Waals surface area contributed by atoms with E-state index in [4.69, 9.17) is 10.00 Å². The Morgan fingerprint density at radius 1 is 1.29 bits per heavy atom. The first kappa shape index (κ1) is 14.8. The number of rotatable bonds is 4. The highest BCUT2D eigenvalue weighted by Gasteiger charge is 2.19. The van der Waals surface area contributed by atoms with Crippen molar-refractivity contribution in [2.24, 2.45) is 0 Å². The summed E-state index contributed by atoms with van der Waals surface area (Å²) in [7, 11) is 0. The van der Waals surface area contributed by atoms with Crippen LogP contribution in [0, 0.1) is 11.3 Å². The molecule has 0 saturated carbocycles. The van der Waals surface area contributed by atoms with Crippen LogP contribution in [0.25, 0.3) is 0 Å². The summed E-state index contributed by atoms with van der Waals surface area (Å²) in [6.07, 6.45) is 2.94. The van der Waals surface area contributed by atoms with Crippen LogP contribution in [-0.2, 0) is 4.74 Å². The Bertz CT molecular complexity index is 666. The molecule has 0 spiro atoms. The zero-order valence-electron chi connectivity index (χ0n) is 12.3. The van der Waals surface area contributed by atoms with Gasteiger partial charge in [-0.05, 0) is 38.5 Å². The largest absolute Gasteiger partial charge is 0.458 e. The maximum atomic E-state index is 12.0. The van der Waals surface area contributed by atoms with Crippen molar-refractivity contribution >= 4 is 5.97 Å². The number of imidazole rings is 1. The molecule has 0 radical (unpaired) electrons. The molecule has 0 aliphatic rings. The summed E-state index contributed by atoms with van der Waals surface area (Å²) in [5.41, 5.74) is 2.02. The van der Waals surface area contributed by atoms with Crippen molar-refractivity contribution in [3.05, 3.63) is 53.6 Å². The quantitative estimate of drug-likeness (QED) is 0.809. The molecular formula is C16H17N3O2. The van der Waals surface area contributed by atoms with Gasteiger partial charge in [-0.2, -0.15) is 5.26 Å². The van der Waals surface area contributed by atoms with E-state index in [1.807, 2.05) is 32.9 Å². The van der Waals surface area contributed by atoms with E-state index in [0.717, 1.165) is 5.56 Å². The van der Waals surface area contributed by atoms with Gasteiger partial charge in [0.05, 0.1) is 36.3 Å². The van der Waals surface area contributed by atoms with Crippen molar-refractivity contribution < 1.29 is 9.53 Å². The highest BCUT2D eigenvalue weighted by Crippen LogP contribution is 2.20. The van der Waals surface area contributed by atoms with Gasteiger partial charge in [-0.25, -0.2) is 9.78 Å². The molecule has 0 aliphatic heterocycles. The van der Waals surface area contributed by atoms with Gasteiger partial charge in [0.1, 0.15) is 5.69 Å². The molecule has 0 amide bonds. The first-order chi connectivity index (χ1) is 10.0. The Morgan fingerprint density at radius 3 is 2.52 bits per heavy atom. The van der Waals surface area contributed by atoms with Gasteiger partial charge in [-0.15, -0.1) is 0 Å². The molecule has 1 aromatic heterocycles. The number of nitrogens with zero attached hydrogens (tertiary/aromatic N) is 3. The lowest BCUT2D eigenvalue weighted by molar-refractivity contribution is 0.0364. The van der Waals surface area contributed by atoms with E-state index < -0.39 is 0 Å². The molecule has 0 fully saturated rings. The number of carbonyl (C=O) groups excluding carboxylic acids is 1. The summed E-state index contributed by atoms with van der Waals surface area (Å²) in [6.45, 7) is 5.58. The van der Waals surface area contributed by atoms with E-state index >= 15 is 0 Å². The fraction of sp³-hybridized carbons (Fsp3) is 0.312. The van der Waals surface area contributed by atoms with Gasteiger partial charge >= 0.3 is 5.97 Å². The van der Waals surface area contributed by atoms with Crippen molar-refractivity contribution in [1.82, 2.24) is 9.55 Å². The van der Waals surface area contributed by atoms with E-state index in [1.54, 1.807) is 23.0 Å². The molecule has 1 heterocycles. The third-order valence-electron chi connectivity index (χ3n) is 3.16. The Morgan fingerprint density at radius 2 is 1.95 bits per heavy atom. The van der Waals surface area contributed by atoms with Crippen LogP contribution < -0.4 is 0 Å². The summed E-state index contributed by atoms with van der Waals surface area (Å²) >= 11 is 0. The fourth-order valence-electron chi connectivity index (χ4n) is 2.04. The number of hydrogen-bond acceptors (Lipinski definition) is 4. The lowest BCUT2D eigenvalue weighted by Gasteiger charge is -2.17. The van der Waals surface area contributed by atoms with Gasteiger partial charge in [-0.1, -0.05) is 12.1 Å². The third-order valence-corrected chi connectivity index (χ3v) is 3.16. The highest BCUT2D eigenvalue weighted by atomic mass is 16.5. The molecular weight excluding hydrogens is 266 g/mol. The molecule has 108 valence electrons. The molecule has 2 aromatic rings. The molecule has 1 aromatic carbocycles. The molecule has 0 saturated heterocycles. The first-order valence-electron chi connectivity index (χ1n) is 6.75. The van der Waals surface area contributed by atoms with Crippen LogP contribution >= 0.6 is 0 Å². The summed E-state index contributed by atoms with van der Waals surface area (Å²) in [5.74, 6) is -0.386. The molecule has 0 aliphatic carbocycles. The Balaban J connectivity index is 2.27. The van der Waals surface area contributed by atoms with Crippen LogP contribution in [0.1, 0.15) is 48.4 Å². The van der Waals surface area contributed by atoms with E-state index in [-0.39, 0.29) is 18.1 Å². The van der Waals surface area contributed by atoms with Crippen molar-refractivity contribution in [1.29, 1.82) is 5.26 Å². The highest BCUT2D eigenvalue weighted by molar-refractivity contribution is 5.87. The minimum Gasteiger partial charge on any atom is -0.458 e. The predicted octanol–water partition coefficient (Wildman–Crippen LogP) is 2.93. The van der Waals surface area contributed by atoms with Crippen molar-refractivity contribution in [3.63, 3.8) is 0 Å². The van der Waals surface area contributed by atoms with E-state index in [2.05, 4.69) is 11.1 Å². The smallest absolute Gasteiger partial charge is 0.356 e. The van der Waals surface area contributed by atoms with Crippen molar-refractivity contribution in [2.75, 3.05) is 0 Å². The maximum absolute atomic E-state index is 12.0. The number of hydrogen-bond donors (Lipinski definition) is 0. The Hall–Kier alpha value is -2.61. The van der Waals surface area contributed by atoms with Crippen LogP contribution in [0.5, 0.6) is 0 Å². The molecule has 0 unspecified atom stereocenters. The summed E-state index contributed by atoms with van der Waals surface area (Å²) in [6, 6.07) is 9.28. The monoisotopic (exact) mass is 283 g/mol. The van der Waals surface area contributed by atoms with Gasteiger partial charge in [0.25, 0.3) is 0 Å². The van der Waals surface area contributed by atoms with Crippen molar-refractivity contribution in [3.8, 4) is 6.07 Å². The number of ether oxygens (including phenoxy) is 1. The van der Waals surface area contributed by atoms with Crippen LogP contribution in [0.15, 0.2) is 36.8 Å². The van der Waals surface area contributed by atoms with Gasteiger partial charge in [0.2, 0.25) is 0 Å². The minimum atomic E-state index is -0.386. The van der Waals surface area contributed by atoms with Crippen LogP contribution in [0.4, 0.5) is 0 Å². The van der Waals surface area contributed by atoms with Crippen LogP contribution in [0.2, 0.25) is 0 Å². The molecule has 0 N–H and O–H groups in total. The zero-order valence-corrected chi connectivity index (χ0v) is 12.3. The lowest BCUT2D eigenvalue weighted by atomic mass is 10.1. The Labute approximate surface area is 123 Å². The first-order valence-corrected chi connectivity index (χ1v) is 6.75. The number of benzene rings is 1. The summed E-state index contributed by atoms with van der Waals surface area (Å²) in [4.78, 5) is 16.1. The molecule has 0 bridgehead atoms. The van der Waals surface area contributed by atoms with Crippen molar-refractivity contribution in [2.45, 2.75) is 32.9 Å². The SMILES string of the molecule is CC(C)OC(=O)c1cncn1[C@H](C)c1ccc(C#N)cc1. The normalized spacial score (nSPS) is 12.0. The molecule has 2 rings (SSSR count). The third kappa shape index (κ3) is 3.29. The molecule has 5 heteroatoms. The van der Waals surface area contributed by atoms with Gasteiger partial charge < -0.3 is 9.30 Å². The number of aromatic nitrogens is 2. The second-order valence-corrected chi connectivity index (χ2v) is 5.05. The average molecular weight is 283 g/mol. The van der Waals surface area contributed by atoms with Gasteiger partial charge in [0, 0.05) is 0 Å². The Kier molecular flexibility index (Phi) is 4.39. The predicted molar refractivity (Wildman–Crippen MR) is 77.7 cm³/mol. The van der Waals surface area contributed by atoms with E-state index in [1.165, 1.54) is 6.20 Å². The topological polar surface area (TPSA) is 67.9 Å². The molecule has 1 atom stereocenters. The maximum Gasteiger partial charge on any atom is 0.356 e. The minimum absolute atomic E-state index is 0.0741. The van der Waals surface area contributed by atoms with Gasteiger partial charge in [0.15, 0.2) is 0 Å². The number of esters is 1. The van der Waals surface area contributed by atoms with E-state index in [9.17, 15) is 4.79 Å². The standard InChI is InChI=1S/C16H17N3O2/c1-11(2)21-16(20)15-9-18-10-19(15)12(3)14-6-4-13(8-17)5-7-14/h4-7,9-12H,1-3H3/t12-/m1/s1. The summed E-state index contributed by atoms with van der Waals surface area (Å²) < 4.78 is 6.98. The number of carbonyl (C=O) groups is 1. The second-order valence-electron chi connectivity index (χ2n) is 5.05. The van der Waals surface area contributed by atoms with Crippen LogP contribution in [0.3, 0.4) is 0 Å². The second kappa shape index (κ2) is 6.23. The van der Waals surface area contributed by atoms with Crippen LogP contribution in [-0.4, -0.2) is 21.6 Å². The zero-order chi connectivity index (χ0) is 15.4. The molecule has 21 heavy (non-hydrogen) atoms. The fourth-order valence-corrected chi connectivity index (χ4v) is 2.04. The van der Waals surface area contributed by atoms with Gasteiger partial charge in [-0.3, -0.25) is 0 Å². The molecule has 5 nitrogen and oxygen atoms in total. The number of nitriles is 1.